The van der Waals surface area contributed by atoms with E-state index in [0.717, 1.165) is 42.6 Å². The van der Waals surface area contributed by atoms with Crippen molar-refractivity contribution in [1.82, 2.24) is 10.2 Å². The predicted octanol–water partition coefficient (Wildman–Crippen LogP) is 2.45. The van der Waals surface area contributed by atoms with Gasteiger partial charge in [0.25, 0.3) is 0 Å². The number of amides is 2. The fourth-order valence-corrected chi connectivity index (χ4v) is 3.13. The molecule has 1 aromatic rings. The number of hydrogen-bond acceptors (Lipinski definition) is 3. The van der Waals surface area contributed by atoms with Crippen LogP contribution in [0.1, 0.15) is 37.8 Å². The Balaban J connectivity index is 1.86. The van der Waals surface area contributed by atoms with E-state index in [9.17, 15) is 9.59 Å². The van der Waals surface area contributed by atoms with E-state index in [4.69, 9.17) is 0 Å². The number of nitrogens with zero attached hydrogens (tertiary/aromatic N) is 1. The minimum Gasteiger partial charge on any atom is -0.356 e. The number of carbonyl (C=O) groups excluding carboxylic acids is 2. The van der Waals surface area contributed by atoms with Crippen LogP contribution in [0.2, 0.25) is 0 Å². The minimum absolute atomic E-state index is 0.0124. The number of benzene rings is 1. The molecule has 0 heterocycles. The lowest BCUT2D eigenvalue weighted by molar-refractivity contribution is -0.125. The van der Waals surface area contributed by atoms with Crippen molar-refractivity contribution < 1.29 is 9.59 Å². The molecule has 1 aliphatic carbocycles. The van der Waals surface area contributed by atoms with E-state index in [2.05, 4.69) is 41.5 Å². The zero-order valence-corrected chi connectivity index (χ0v) is 15.9. The molecule has 1 aromatic carbocycles. The van der Waals surface area contributed by atoms with E-state index < -0.39 is 0 Å². The topological polar surface area (TPSA) is 61.4 Å². The SMILES string of the molecule is CCc1cccc(CC)c1NC(=O)C1CC1C(=O)NCCCN(C)C. The van der Waals surface area contributed by atoms with E-state index >= 15 is 0 Å². The lowest BCUT2D eigenvalue weighted by Gasteiger charge is -2.14. The van der Waals surface area contributed by atoms with Crippen LogP contribution in [-0.4, -0.2) is 43.9 Å². The van der Waals surface area contributed by atoms with Crippen LogP contribution in [0, 0.1) is 11.8 Å². The van der Waals surface area contributed by atoms with Gasteiger partial charge in [-0.05, 0) is 57.5 Å². The summed E-state index contributed by atoms with van der Waals surface area (Å²) in [4.78, 5) is 26.8. The molecule has 0 saturated heterocycles. The summed E-state index contributed by atoms with van der Waals surface area (Å²) in [6, 6.07) is 6.14. The number of anilines is 1. The second-order valence-corrected chi connectivity index (χ2v) is 7.04. The van der Waals surface area contributed by atoms with E-state index in [-0.39, 0.29) is 23.7 Å². The average molecular weight is 345 g/mol. The van der Waals surface area contributed by atoms with Crippen LogP contribution >= 0.6 is 0 Å². The first-order chi connectivity index (χ1) is 12.0. The van der Waals surface area contributed by atoms with Crippen LogP contribution in [0.25, 0.3) is 0 Å². The van der Waals surface area contributed by atoms with Gasteiger partial charge in [-0.25, -0.2) is 0 Å². The molecule has 1 aliphatic rings. The van der Waals surface area contributed by atoms with Crippen LogP contribution < -0.4 is 10.6 Å². The van der Waals surface area contributed by atoms with Gasteiger partial charge in [0.2, 0.25) is 11.8 Å². The molecule has 2 atom stereocenters. The number of nitrogens with one attached hydrogen (secondary N) is 2. The largest absolute Gasteiger partial charge is 0.356 e. The third-order valence-corrected chi connectivity index (χ3v) is 4.79. The molecule has 1 saturated carbocycles. The van der Waals surface area contributed by atoms with E-state index in [0.29, 0.717) is 13.0 Å². The summed E-state index contributed by atoms with van der Waals surface area (Å²) in [6.07, 6.45) is 3.33. The Hall–Kier alpha value is -1.88. The van der Waals surface area contributed by atoms with Crippen LogP contribution in [0.4, 0.5) is 5.69 Å². The number of carbonyl (C=O) groups is 2. The van der Waals surface area contributed by atoms with Gasteiger partial charge >= 0.3 is 0 Å². The van der Waals surface area contributed by atoms with Crippen LogP contribution in [0.15, 0.2) is 18.2 Å². The summed E-state index contributed by atoms with van der Waals surface area (Å²) in [7, 11) is 4.03. The van der Waals surface area contributed by atoms with Crippen molar-refractivity contribution in [2.24, 2.45) is 11.8 Å². The fourth-order valence-electron chi connectivity index (χ4n) is 3.13. The van der Waals surface area contributed by atoms with Gasteiger partial charge in [-0.3, -0.25) is 9.59 Å². The van der Waals surface area contributed by atoms with Gasteiger partial charge in [-0.2, -0.15) is 0 Å². The molecule has 0 radical (unpaired) electrons. The Morgan fingerprint density at radius 1 is 1.08 bits per heavy atom. The molecule has 2 amide bonds. The Morgan fingerprint density at radius 2 is 1.68 bits per heavy atom. The van der Waals surface area contributed by atoms with E-state index in [1.165, 1.54) is 0 Å². The number of aryl methyl sites for hydroxylation is 2. The van der Waals surface area contributed by atoms with Crippen LogP contribution in [-0.2, 0) is 22.4 Å². The maximum atomic E-state index is 12.5. The maximum absolute atomic E-state index is 12.5. The Morgan fingerprint density at radius 3 is 2.24 bits per heavy atom. The van der Waals surface area contributed by atoms with Crippen LogP contribution in [0.3, 0.4) is 0 Å². The summed E-state index contributed by atoms with van der Waals surface area (Å²) in [5.41, 5.74) is 3.24. The molecule has 5 heteroatoms. The minimum atomic E-state index is -0.191. The Bertz CT molecular complexity index is 591. The Kier molecular flexibility index (Phi) is 7.00. The molecule has 0 spiro atoms. The molecule has 25 heavy (non-hydrogen) atoms. The highest BCUT2D eigenvalue weighted by atomic mass is 16.2. The molecular formula is C20H31N3O2. The molecule has 2 unspecified atom stereocenters. The third-order valence-electron chi connectivity index (χ3n) is 4.79. The highest BCUT2D eigenvalue weighted by Gasteiger charge is 2.48. The van der Waals surface area contributed by atoms with Crippen molar-refractivity contribution >= 4 is 17.5 Å². The molecule has 1 fully saturated rings. The molecule has 0 aliphatic heterocycles. The van der Waals surface area contributed by atoms with E-state index in [1.54, 1.807) is 0 Å². The smallest absolute Gasteiger partial charge is 0.228 e. The summed E-state index contributed by atoms with van der Waals surface area (Å²) < 4.78 is 0. The number of para-hydroxylation sites is 1. The van der Waals surface area contributed by atoms with Crippen molar-refractivity contribution in [2.75, 3.05) is 32.5 Å². The fraction of sp³-hybridized carbons (Fsp3) is 0.600. The second kappa shape index (κ2) is 8.99. The average Bonchev–Trinajstić information content (AvgIpc) is 3.39. The standard InChI is InChI=1S/C20H31N3O2/c1-5-14-9-7-10-15(6-2)18(14)22-20(25)17-13-16(17)19(24)21-11-8-12-23(3)4/h7,9-10,16-17H,5-6,8,11-13H2,1-4H3,(H,21,24)(H,22,25). The van der Waals surface area contributed by atoms with Crippen molar-refractivity contribution in [2.45, 2.75) is 39.5 Å². The zero-order chi connectivity index (χ0) is 18.4. The summed E-state index contributed by atoms with van der Waals surface area (Å²) in [6.45, 7) is 5.79. The van der Waals surface area contributed by atoms with Gasteiger partial charge in [0.15, 0.2) is 0 Å². The predicted molar refractivity (Wildman–Crippen MR) is 102 cm³/mol. The highest BCUT2D eigenvalue weighted by molar-refractivity contribution is 6.00. The quantitative estimate of drug-likeness (QED) is 0.676. The number of rotatable bonds is 9. The monoisotopic (exact) mass is 345 g/mol. The first kappa shape index (κ1) is 19.4. The third kappa shape index (κ3) is 5.30. The highest BCUT2D eigenvalue weighted by Crippen LogP contribution is 2.40. The maximum Gasteiger partial charge on any atom is 0.228 e. The van der Waals surface area contributed by atoms with Crippen molar-refractivity contribution in [3.63, 3.8) is 0 Å². The molecular weight excluding hydrogens is 314 g/mol. The van der Waals surface area contributed by atoms with Gasteiger partial charge in [-0.15, -0.1) is 0 Å². The number of hydrogen-bond donors (Lipinski definition) is 2. The molecule has 2 N–H and O–H groups in total. The van der Waals surface area contributed by atoms with Gasteiger partial charge < -0.3 is 15.5 Å². The first-order valence-electron chi connectivity index (χ1n) is 9.31. The molecule has 0 aromatic heterocycles. The molecule has 5 nitrogen and oxygen atoms in total. The van der Waals surface area contributed by atoms with Gasteiger partial charge in [0, 0.05) is 12.2 Å². The lowest BCUT2D eigenvalue weighted by Crippen LogP contribution is -2.30. The second-order valence-electron chi connectivity index (χ2n) is 7.04. The van der Waals surface area contributed by atoms with Crippen molar-refractivity contribution in [3.8, 4) is 0 Å². The van der Waals surface area contributed by atoms with Crippen molar-refractivity contribution in [1.29, 1.82) is 0 Å². The van der Waals surface area contributed by atoms with Crippen LogP contribution in [0.5, 0.6) is 0 Å². The Labute approximate surface area is 151 Å². The van der Waals surface area contributed by atoms with Gasteiger partial charge in [0.1, 0.15) is 0 Å². The van der Waals surface area contributed by atoms with Gasteiger partial charge in [-0.1, -0.05) is 32.0 Å². The van der Waals surface area contributed by atoms with Gasteiger partial charge in [0.05, 0.1) is 11.8 Å². The van der Waals surface area contributed by atoms with E-state index in [1.807, 2.05) is 20.2 Å². The first-order valence-corrected chi connectivity index (χ1v) is 9.31. The molecule has 0 bridgehead atoms. The lowest BCUT2D eigenvalue weighted by atomic mass is 10.0. The normalized spacial score (nSPS) is 18.9. The molecule has 138 valence electrons. The summed E-state index contributed by atoms with van der Waals surface area (Å²) in [5, 5.41) is 6.03. The summed E-state index contributed by atoms with van der Waals surface area (Å²) in [5.74, 6) is -0.371. The van der Waals surface area contributed by atoms with Crippen molar-refractivity contribution in [3.05, 3.63) is 29.3 Å². The summed E-state index contributed by atoms with van der Waals surface area (Å²) >= 11 is 0. The molecule has 2 rings (SSSR count). The zero-order valence-electron chi connectivity index (χ0n) is 15.9.